The van der Waals surface area contributed by atoms with Crippen molar-refractivity contribution in [3.8, 4) is 0 Å². The number of esters is 2. The number of hydrogen-bond donors (Lipinski definition) is 1. The van der Waals surface area contributed by atoms with Crippen LogP contribution in [0.2, 0.25) is 0 Å². The predicted molar refractivity (Wildman–Crippen MR) is 194 cm³/mol. The molecule has 5 atom stereocenters. The molecule has 1 aliphatic heterocycles. The number of benzene rings is 1. The molecule has 0 saturated carbocycles. The molecule has 1 aliphatic rings. The average Bonchev–Trinajstić information content (AvgIpc) is 3.58. The van der Waals surface area contributed by atoms with Crippen molar-refractivity contribution < 1.29 is 33.4 Å². The van der Waals surface area contributed by atoms with E-state index in [1.54, 1.807) is 17.3 Å². The highest BCUT2D eigenvalue weighted by Crippen LogP contribution is 2.32. The van der Waals surface area contributed by atoms with Gasteiger partial charge in [0.05, 0.1) is 13.2 Å². The maximum atomic E-state index is 14.1. The lowest BCUT2D eigenvalue weighted by Crippen LogP contribution is -2.48. The molecule has 1 N–H and O–H groups in total. The number of likely N-dealkylation sites (tertiary alicyclic amines) is 1. The van der Waals surface area contributed by atoms with Crippen molar-refractivity contribution in [2.45, 2.75) is 110 Å². The highest BCUT2D eigenvalue weighted by Gasteiger charge is 2.37. The summed E-state index contributed by atoms with van der Waals surface area (Å²) < 4.78 is 10.6. The van der Waals surface area contributed by atoms with Crippen molar-refractivity contribution in [2.24, 2.45) is 17.8 Å². The molecular formula is C38H56N4O7S. The van der Waals surface area contributed by atoms with E-state index in [1.165, 1.54) is 25.4 Å². The summed E-state index contributed by atoms with van der Waals surface area (Å²) in [5.74, 6) is -1.79. The zero-order valence-corrected chi connectivity index (χ0v) is 31.8. The Labute approximate surface area is 301 Å². The highest BCUT2D eigenvalue weighted by atomic mass is 32.1. The van der Waals surface area contributed by atoms with E-state index in [0.29, 0.717) is 17.8 Å². The van der Waals surface area contributed by atoms with Gasteiger partial charge in [0.15, 0.2) is 11.9 Å². The molecule has 1 saturated heterocycles. The van der Waals surface area contributed by atoms with Crippen LogP contribution in [0.15, 0.2) is 35.7 Å². The van der Waals surface area contributed by atoms with E-state index in [0.717, 1.165) is 31.4 Å². The van der Waals surface area contributed by atoms with Crippen LogP contribution in [-0.4, -0.2) is 90.2 Å². The molecule has 0 unspecified atom stereocenters. The van der Waals surface area contributed by atoms with Gasteiger partial charge in [-0.15, -0.1) is 11.3 Å². The minimum atomic E-state index is -0.795. The molecule has 1 fully saturated rings. The molecule has 12 heteroatoms. The van der Waals surface area contributed by atoms with Crippen molar-refractivity contribution in [3.05, 3.63) is 52.0 Å². The van der Waals surface area contributed by atoms with Crippen LogP contribution < -0.4 is 5.32 Å². The van der Waals surface area contributed by atoms with Crippen LogP contribution in [0.3, 0.4) is 0 Å². The molecule has 50 heavy (non-hydrogen) atoms. The summed E-state index contributed by atoms with van der Waals surface area (Å²) >= 11 is 1.21. The van der Waals surface area contributed by atoms with E-state index in [1.807, 2.05) is 65.1 Å². The maximum Gasteiger partial charge on any atom is 0.305 e. The Hall–Kier alpha value is -3.64. The van der Waals surface area contributed by atoms with Crippen molar-refractivity contribution in [1.82, 2.24) is 20.1 Å². The lowest BCUT2D eigenvalue weighted by atomic mass is 9.84. The van der Waals surface area contributed by atoms with E-state index >= 15 is 0 Å². The third kappa shape index (κ3) is 12.0. The Kier molecular flexibility index (Phi) is 16.0. The van der Waals surface area contributed by atoms with Crippen LogP contribution in [-0.2, 0) is 35.1 Å². The Bertz CT molecular complexity index is 1430. The number of Topliss-reactive ketones (excluding diaryl/α,β-unsaturated/α-hetero) is 1. The smallest absolute Gasteiger partial charge is 0.305 e. The van der Waals surface area contributed by atoms with Gasteiger partial charge in [-0.2, -0.15) is 0 Å². The van der Waals surface area contributed by atoms with E-state index in [-0.39, 0.29) is 72.6 Å². The molecule has 0 radical (unpaired) electrons. The molecule has 276 valence electrons. The number of aromatic nitrogens is 1. The monoisotopic (exact) mass is 712 g/mol. The van der Waals surface area contributed by atoms with Crippen molar-refractivity contribution in [1.29, 1.82) is 0 Å². The SMILES string of the molecule is COC(=O)CC[C@H](Cc1ccccc1)NC(=O)c1csc([C@@H](C[C@H](C(C)C)N(C)C(=O)[C@@H](CC(=O)[C@H]2CCCCN2C)C(C)C)OC(C)=O)n1. The second-order valence-corrected chi connectivity index (χ2v) is 15.0. The summed E-state index contributed by atoms with van der Waals surface area (Å²) in [5, 5.41) is 5.09. The topological polar surface area (TPSA) is 135 Å². The van der Waals surface area contributed by atoms with Crippen LogP contribution in [0, 0.1) is 17.8 Å². The number of likely N-dealkylation sites (N-methyl/N-ethyl adjacent to an activating group) is 1. The maximum absolute atomic E-state index is 14.1. The van der Waals surface area contributed by atoms with Crippen LogP contribution >= 0.6 is 11.3 Å². The minimum absolute atomic E-state index is 0.00807. The molecule has 2 amide bonds. The van der Waals surface area contributed by atoms with Crippen molar-refractivity contribution >= 4 is 40.9 Å². The van der Waals surface area contributed by atoms with E-state index < -0.39 is 23.9 Å². The van der Waals surface area contributed by atoms with Crippen LogP contribution in [0.4, 0.5) is 0 Å². The second-order valence-electron chi connectivity index (χ2n) is 14.2. The van der Waals surface area contributed by atoms with E-state index in [2.05, 4.69) is 15.2 Å². The van der Waals surface area contributed by atoms with Gasteiger partial charge in [-0.3, -0.25) is 28.9 Å². The minimum Gasteiger partial charge on any atom is -0.469 e. The molecule has 2 aromatic rings. The summed E-state index contributed by atoms with van der Waals surface area (Å²) in [6, 6.07) is 8.85. The number of hydrogen-bond acceptors (Lipinski definition) is 10. The van der Waals surface area contributed by atoms with Gasteiger partial charge in [-0.05, 0) is 56.7 Å². The number of methoxy groups -OCH3 is 1. The summed E-state index contributed by atoms with van der Waals surface area (Å²) in [6.07, 6.45) is 3.62. The Morgan fingerprint density at radius 3 is 2.36 bits per heavy atom. The van der Waals surface area contributed by atoms with Crippen LogP contribution in [0.1, 0.15) is 107 Å². The summed E-state index contributed by atoms with van der Waals surface area (Å²) in [7, 11) is 5.07. The van der Waals surface area contributed by atoms with Gasteiger partial charge in [-0.25, -0.2) is 4.98 Å². The number of piperidine rings is 1. The van der Waals surface area contributed by atoms with Crippen molar-refractivity contribution in [2.75, 3.05) is 27.7 Å². The largest absolute Gasteiger partial charge is 0.469 e. The predicted octanol–water partition coefficient (Wildman–Crippen LogP) is 5.63. The van der Waals surface area contributed by atoms with Crippen LogP contribution in [0.5, 0.6) is 0 Å². The van der Waals surface area contributed by atoms with Gasteiger partial charge in [0.25, 0.3) is 5.91 Å². The van der Waals surface area contributed by atoms with Gasteiger partial charge in [0.1, 0.15) is 10.7 Å². The number of amides is 2. The fourth-order valence-corrected chi connectivity index (χ4v) is 7.52. The lowest BCUT2D eigenvalue weighted by Gasteiger charge is -2.37. The first-order chi connectivity index (χ1) is 23.7. The Balaban J connectivity index is 1.78. The number of carbonyl (C=O) groups is 5. The van der Waals surface area contributed by atoms with E-state index in [4.69, 9.17) is 9.47 Å². The van der Waals surface area contributed by atoms with E-state index in [9.17, 15) is 24.0 Å². The van der Waals surface area contributed by atoms with Crippen LogP contribution in [0.25, 0.3) is 0 Å². The van der Waals surface area contributed by atoms with Gasteiger partial charge in [0.2, 0.25) is 5.91 Å². The number of thiazole rings is 1. The quantitative estimate of drug-likeness (QED) is 0.195. The second kappa shape index (κ2) is 19.7. The number of ketones is 1. The Morgan fingerprint density at radius 1 is 1.06 bits per heavy atom. The van der Waals surface area contributed by atoms with Gasteiger partial charge >= 0.3 is 11.9 Å². The molecule has 0 aliphatic carbocycles. The fourth-order valence-electron chi connectivity index (χ4n) is 6.68. The number of nitrogens with one attached hydrogen (secondary N) is 1. The molecule has 1 aromatic heterocycles. The molecular weight excluding hydrogens is 657 g/mol. The molecule has 1 aromatic carbocycles. The molecule has 0 bridgehead atoms. The number of nitrogens with zero attached hydrogens (tertiary/aromatic N) is 3. The third-order valence-electron chi connectivity index (χ3n) is 9.68. The average molecular weight is 713 g/mol. The molecule has 3 rings (SSSR count). The first kappa shape index (κ1) is 40.8. The van der Waals surface area contributed by atoms with Crippen molar-refractivity contribution in [3.63, 3.8) is 0 Å². The summed E-state index contributed by atoms with van der Waals surface area (Å²) in [6.45, 7) is 10.2. The first-order valence-electron chi connectivity index (χ1n) is 17.8. The Morgan fingerprint density at radius 2 is 1.76 bits per heavy atom. The standard InChI is InChI=1S/C38H56N4O7S/c1-24(2)29(21-33(44)31-16-12-13-19-41(31)6)38(47)42(7)32(25(3)4)22-34(49-26(5)43)37-40-30(23-50-37)36(46)39-28(17-18-35(45)48-8)20-27-14-10-9-11-15-27/h9-11,14-15,23-25,28-29,31-32,34H,12-13,16-22H2,1-8H3,(H,39,46)/t28-,29+,31-,32-,34-/m1/s1. The molecule has 11 nitrogen and oxygen atoms in total. The third-order valence-corrected chi connectivity index (χ3v) is 10.6. The van der Waals surface area contributed by atoms with Gasteiger partial charge < -0.3 is 19.7 Å². The zero-order valence-electron chi connectivity index (χ0n) is 31.0. The lowest BCUT2D eigenvalue weighted by molar-refractivity contribution is -0.149. The first-order valence-corrected chi connectivity index (χ1v) is 18.6. The molecule has 2 heterocycles. The zero-order chi connectivity index (χ0) is 37.0. The molecule has 0 spiro atoms. The summed E-state index contributed by atoms with van der Waals surface area (Å²) in [4.78, 5) is 73.5. The number of carbonyl (C=O) groups excluding carboxylic acids is 5. The number of ether oxygens (including phenoxy) is 2. The highest BCUT2D eigenvalue weighted by molar-refractivity contribution is 7.09. The number of rotatable bonds is 18. The van der Waals surface area contributed by atoms with Gasteiger partial charge in [0, 0.05) is 56.6 Å². The van der Waals surface area contributed by atoms with Gasteiger partial charge in [-0.1, -0.05) is 64.4 Å². The summed E-state index contributed by atoms with van der Waals surface area (Å²) in [5.41, 5.74) is 1.19. The fraction of sp³-hybridized carbons (Fsp3) is 0.632. The normalized spacial score (nSPS) is 17.4.